The van der Waals surface area contributed by atoms with E-state index in [1.165, 1.54) is 6.20 Å². The Morgan fingerprint density at radius 2 is 2.23 bits per heavy atom. The summed E-state index contributed by atoms with van der Waals surface area (Å²) in [6.45, 7) is 1.66. The van der Waals surface area contributed by atoms with Crippen molar-refractivity contribution in [2.24, 2.45) is 0 Å². The van der Waals surface area contributed by atoms with Gasteiger partial charge in [-0.2, -0.15) is 5.10 Å². The van der Waals surface area contributed by atoms with Gasteiger partial charge in [0.05, 0.1) is 11.2 Å². The van der Waals surface area contributed by atoms with Gasteiger partial charge in [0, 0.05) is 13.1 Å². The fourth-order valence-electron chi connectivity index (χ4n) is 1.50. The Kier molecular flexibility index (Phi) is 2.22. The summed E-state index contributed by atoms with van der Waals surface area (Å²) in [5, 5.41) is 6.72. The van der Waals surface area contributed by atoms with Crippen LogP contribution in [-0.4, -0.2) is 34.1 Å². The van der Waals surface area contributed by atoms with Crippen molar-refractivity contribution < 1.29 is 4.79 Å². The van der Waals surface area contributed by atoms with Crippen molar-refractivity contribution in [3.8, 4) is 0 Å². The largest absolute Gasteiger partial charge is 0.337 e. The molecule has 5 heteroatoms. The smallest absolute Gasteiger partial charge is 0.273 e. The number of amides is 1. The van der Waals surface area contributed by atoms with Gasteiger partial charge < -0.3 is 4.90 Å². The number of nitrogens with one attached hydrogen (secondary N) is 1. The monoisotopic (exact) mass is 199 g/mol. The van der Waals surface area contributed by atoms with Crippen LogP contribution in [0.2, 0.25) is 5.02 Å². The third-order valence-corrected chi connectivity index (χ3v) is 2.49. The first-order chi connectivity index (χ1) is 6.29. The SMILES string of the molecule is O=C(c1[nH]ncc1Cl)N1CCCC1. The van der Waals surface area contributed by atoms with Crippen molar-refractivity contribution in [2.75, 3.05) is 13.1 Å². The predicted octanol–water partition coefficient (Wildman–Crippen LogP) is 1.30. The zero-order chi connectivity index (χ0) is 9.26. The number of nitrogens with zero attached hydrogens (tertiary/aromatic N) is 2. The Balaban J connectivity index is 2.17. The van der Waals surface area contributed by atoms with E-state index in [9.17, 15) is 4.79 Å². The summed E-state index contributed by atoms with van der Waals surface area (Å²) in [6.07, 6.45) is 3.61. The molecule has 1 saturated heterocycles. The van der Waals surface area contributed by atoms with Crippen LogP contribution >= 0.6 is 11.6 Å². The maximum absolute atomic E-state index is 11.7. The van der Waals surface area contributed by atoms with Crippen molar-refractivity contribution in [3.63, 3.8) is 0 Å². The summed E-state index contributed by atoms with van der Waals surface area (Å²) >= 11 is 5.77. The molecule has 0 aromatic carbocycles. The number of halogens is 1. The lowest BCUT2D eigenvalue weighted by atomic mass is 10.4. The lowest BCUT2D eigenvalue weighted by Gasteiger charge is -2.13. The Hall–Kier alpha value is -1.03. The Morgan fingerprint density at radius 1 is 1.54 bits per heavy atom. The van der Waals surface area contributed by atoms with Crippen LogP contribution in [0.3, 0.4) is 0 Å². The van der Waals surface area contributed by atoms with Gasteiger partial charge in [-0.05, 0) is 12.8 Å². The fraction of sp³-hybridized carbons (Fsp3) is 0.500. The molecule has 2 rings (SSSR count). The van der Waals surface area contributed by atoms with Crippen LogP contribution in [0, 0.1) is 0 Å². The van der Waals surface area contributed by atoms with Crippen LogP contribution in [-0.2, 0) is 0 Å². The molecule has 0 aliphatic carbocycles. The molecule has 0 bridgehead atoms. The molecule has 1 fully saturated rings. The first-order valence-corrected chi connectivity index (χ1v) is 4.65. The minimum absolute atomic E-state index is 0.0417. The molecule has 1 aliphatic rings. The van der Waals surface area contributed by atoms with Crippen LogP contribution in [0.25, 0.3) is 0 Å². The van der Waals surface area contributed by atoms with Gasteiger partial charge in [0.15, 0.2) is 0 Å². The number of rotatable bonds is 1. The van der Waals surface area contributed by atoms with Gasteiger partial charge in [0.25, 0.3) is 5.91 Å². The van der Waals surface area contributed by atoms with Gasteiger partial charge >= 0.3 is 0 Å². The second-order valence-electron chi connectivity index (χ2n) is 3.09. The Bertz CT molecular complexity index is 317. The van der Waals surface area contributed by atoms with Crippen molar-refractivity contribution in [1.29, 1.82) is 0 Å². The molecule has 0 unspecified atom stereocenters. The molecule has 1 aromatic rings. The molecular formula is C8H10ClN3O. The number of carbonyl (C=O) groups is 1. The molecule has 2 heterocycles. The summed E-state index contributed by atoms with van der Waals surface area (Å²) in [5.74, 6) is -0.0417. The molecule has 1 aliphatic heterocycles. The van der Waals surface area contributed by atoms with E-state index in [0.29, 0.717) is 10.7 Å². The van der Waals surface area contributed by atoms with E-state index < -0.39 is 0 Å². The number of H-pyrrole nitrogens is 1. The van der Waals surface area contributed by atoms with E-state index in [0.717, 1.165) is 25.9 Å². The molecule has 0 spiro atoms. The lowest BCUT2D eigenvalue weighted by Crippen LogP contribution is -2.28. The first-order valence-electron chi connectivity index (χ1n) is 4.27. The maximum Gasteiger partial charge on any atom is 0.273 e. The number of hydrogen-bond donors (Lipinski definition) is 1. The van der Waals surface area contributed by atoms with Gasteiger partial charge in [0.2, 0.25) is 0 Å². The number of aromatic nitrogens is 2. The van der Waals surface area contributed by atoms with E-state index in [1.807, 2.05) is 0 Å². The van der Waals surface area contributed by atoms with Crippen LogP contribution in [0.15, 0.2) is 6.20 Å². The maximum atomic E-state index is 11.7. The quantitative estimate of drug-likeness (QED) is 0.741. The Morgan fingerprint density at radius 3 is 2.77 bits per heavy atom. The van der Waals surface area contributed by atoms with Crippen molar-refractivity contribution in [2.45, 2.75) is 12.8 Å². The molecule has 0 saturated carbocycles. The average molecular weight is 200 g/mol. The van der Waals surface area contributed by atoms with Gasteiger partial charge in [-0.3, -0.25) is 9.89 Å². The molecule has 1 amide bonds. The summed E-state index contributed by atoms with van der Waals surface area (Å²) in [6, 6.07) is 0. The molecule has 1 N–H and O–H groups in total. The standard InChI is InChI=1S/C8H10ClN3O/c9-6-5-10-11-7(6)8(13)12-3-1-2-4-12/h5H,1-4H2,(H,10,11). The van der Waals surface area contributed by atoms with Crippen molar-refractivity contribution in [1.82, 2.24) is 15.1 Å². The topological polar surface area (TPSA) is 49.0 Å². The van der Waals surface area contributed by atoms with Gasteiger partial charge in [-0.25, -0.2) is 0 Å². The number of likely N-dealkylation sites (tertiary alicyclic amines) is 1. The van der Waals surface area contributed by atoms with E-state index in [2.05, 4.69) is 10.2 Å². The first kappa shape index (κ1) is 8.56. The summed E-state index contributed by atoms with van der Waals surface area (Å²) in [5.41, 5.74) is 0.406. The second kappa shape index (κ2) is 3.38. The lowest BCUT2D eigenvalue weighted by molar-refractivity contribution is 0.0787. The molecule has 70 valence electrons. The van der Waals surface area contributed by atoms with Gasteiger partial charge in [-0.15, -0.1) is 0 Å². The molecule has 4 nitrogen and oxygen atoms in total. The van der Waals surface area contributed by atoms with Crippen LogP contribution < -0.4 is 0 Å². The van der Waals surface area contributed by atoms with Gasteiger partial charge in [0.1, 0.15) is 5.69 Å². The molecule has 0 radical (unpaired) electrons. The van der Waals surface area contributed by atoms with Crippen LogP contribution in [0.1, 0.15) is 23.3 Å². The highest BCUT2D eigenvalue weighted by molar-refractivity contribution is 6.33. The third kappa shape index (κ3) is 1.54. The zero-order valence-corrected chi connectivity index (χ0v) is 7.84. The summed E-state index contributed by atoms with van der Waals surface area (Å²) < 4.78 is 0. The van der Waals surface area contributed by atoms with E-state index >= 15 is 0 Å². The number of carbonyl (C=O) groups excluding carboxylic acids is 1. The number of hydrogen-bond acceptors (Lipinski definition) is 2. The highest BCUT2D eigenvalue weighted by Gasteiger charge is 2.22. The fourth-order valence-corrected chi connectivity index (χ4v) is 1.67. The normalized spacial score (nSPS) is 16.5. The summed E-state index contributed by atoms with van der Waals surface area (Å²) in [4.78, 5) is 13.5. The van der Waals surface area contributed by atoms with E-state index in [-0.39, 0.29) is 5.91 Å². The molecule has 1 aromatic heterocycles. The van der Waals surface area contributed by atoms with E-state index in [4.69, 9.17) is 11.6 Å². The Labute approximate surface area is 80.9 Å². The second-order valence-corrected chi connectivity index (χ2v) is 3.50. The van der Waals surface area contributed by atoms with Gasteiger partial charge in [-0.1, -0.05) is 11.6 Å². The summed E-state index contributed by atoms with van der Waals surface area (Å²) in [7, 11) is 0. The minimum atomic E-state index is -0.0417. The molecule has 13 heavy (non-hydrogen) atoms. The zero-order valence-electron chi connectivity index (χ0n) is 7.09. The van der Waals surface area contributed by atoms with Crippen LogP contribution in [0.4, 0.5) is 0 Å². The minimum Gasteiger partial charge on any atom is -0.337 e. The molecular weight excluding hydrogens is 190 g/mol. The van der Waals surface area contributed by atoms with Crippen LogP contribution in [0.5, 0.6) is 0 Å². The highest BCUT2D eigenvalue weighted by atomic mass is 35.5. The van der Waals surface area contributed by atoms with Crippen molar-refractivity contribution >= 4 is 17.5 Å². The third-order valence-electron chi connectivity index (χ3n) is 2.20. The molecule has 0 atom stereocenters. The van der Waals surface area contributed by atoms with Crippen molar-refractivity contribution in [3.05, 3.63) is 16.9 Å². The number of aromatic amines is 1. The van der Waals surface area contributed by atoms with E-state index in [1.54, 1.807) is 4.90 Å². The average Bonchev–Trinajstić information content (AvgIpc) is 2.72. The predicted molar refractivity (Wildman–Crippen MR) is 48.7 cm³/mol. The highest BCUT2D eigenvalue weighted by Crippen LogP contribution is 2.17.